The Bertz CT molecular complexity index is 940. The van der Waals surface area contributed by atoms with E-state index in [1.165, 1.54) is 17.6 Å². The number of aromatic nitrogens is 2. The zero-order valence-corrected chi connectivity index (χ0v) is 16.0. The fourth-order valence-electron chi connectivity index (χ4n) is 3.29. The first-order chi connectivity index (χ1) is 13.7. The van der Waals surface area contributed by atoms with Crippen molar-refractivity contribution in [3.05, 3.63) is 65.1 Å². The molecule has 1 aliphatic heterocycles. The molecule has 0 spiro atoms. The fraction of sp³-hybridized carbons (Fsp3) is 0.300. The predicted molar refractivity (Wildman–Crippen MR) is 105 cm³/mol. The average Bonchev–Trinajstić information content (AvgIpc) is 3.41. The van der Waals surface area contributed by atoms with Gasteiger partial charge in [0.25, 0.3) is 5.91 Å². The number of hydrogen-bond donors (Lipinski definition) is 1. The topological polar surface area (TPSA) is 88.3 Å². The molecule has 4 rings (SSSR count). The molecule has 0 radical (unpaired) electrons. The third-order valence-electron chi connectivity index (χ3n) is 4.71. The number of nitrogens with one attached hydrogen (secondary N) is 1. The Hall–Kier alpha value is -3.00. The van der Waals surface area contributed by atoms with Crippen molar-refractivity contribution in [3.63, 3.8) is 0 Å². The first-order valence-corrected chi connectivity index (χ1v) is 10.0. The Balaban J connectivity index is 1.35. The van der Waals surface area contributed by atoms with Crippen LogP contribution in [-0.2, 0) is 11.2 Å². The molecule has 1 aliphatic rings. The highest BCUT2D eigenvalue weighted by atomic mass is 32.1. The van der Waals surface area contributed by atoms with E-state index >= 15 is 0 Å². The van der Waals surface area contributed by atoms with E-state index in [9.17, 15) is 9.59 Å². The molecule has 7 nitrogen and oxygen atoms in total. The molecular weight excluding hydrogens is 376 g/mol. The molecule has 2 amide bonds. The molecule has 1 saturated heterocycles. The van der Waals surface area contributed by atoms with Gasteiger partial charge in [0.05, 0.1) is 12.2 Å². The Morgan fingerprint density at radius 3 is 2.82 bits per heavy atom. The Morgan fingerprint density at radius 2 is 2.04 bits per heavy atom. The highest BCUT2D eigenvalue weighted by Gasteiger charge is 2.30. The highest BCUT2D eigenvalue weighted by Crippen LogP contribution is 2.23. The fourth-order valence-corrected chi connectivity index (χ4v) is 4.06. The Kier molecular flexibility index (Phi) is 5.48. The molecule has 8 heteroatoms. The summed E-state index contributed by atoms with van der Waals surface area (Å²) in [6.07, 6.45) is 3.68. The normalized spacial score (nSPS) is 16.7. The summed E-state index contributed by atoms with van der Waals surface area (Å²) in [4.78, 5) is 26.8. The van der Waals surface area contributed by atoms with Crippen LogP contribution in [0.1, 0.15) is 34.0 Å². The molecule has 3 heterocycles. The maximum atomic E-state index is 12.7. The Morgan fingerprint density at radius 1 is 1.18 bits per heavy atom. The maximum absolute atomic E-state index is 12.7. The molecule has 0 aliphatic carbocycles. The minimum absolute atomic E-state index is 0.126. The third-order valence-corrected chi connectivity index (χ3v) is 5.55. The van der Waals surface area contributed by atoms with Crippen LogP contribution in [0.3, 0.4) is 0 Å². The van der Waals surface area contributed by atoms with E-state index in [1.807, 2.05) is 30.3 Å². The number of hydrogen-bond acceptors (Lipinski definition) is 6. The second kappa shape index (κ2) is 8.35. The largest absolute Gasteiger partial charge is 0.459 e. The summed E-state index contributed by atoms with van der Waals surface area (Å²) in [6.45, 7) is 1.00. The number of carbonyl (C=O) groups excluding carboxylic acids is 2. The number of piperidine rings is 1. The minimum atomic E-state index is -0.269. The Labute approximate surface area is 166 Å². The second-order valence-electron chi connectivity index (χ2n) is 6.72. The monoisotopic (exact) mass is 396 g/mol. The zero-order chi connectivity index (χ0) is 19.3. The van der Waals surface area contributed by atoms with E-state index in [0.29, 0.717) is 30.4 Å². The number of furan rings is 1. The third kappa shape index (κ3) is 4.28. The van der Waals surface area contributed by atoms with Crippen molar-refractivity contribution in [3.8, 4) is 0 Å². The van der Waals surface area contributed by atoms with Gasteiger partial charge in [0, 0.05) is 19.5 Å². The first-order valence-electron chi connectivity index (χ1n) is 9.19. The molecular formula is C20H20N4O3S. The van der Waals surface area contributed by atoms with Crippen molar-refractivity contribution < 1.29 is 14.0 Å². The van der Waals surface area contributed by atoms with Gasteiger partial charge in [0.1, 0.15) is 5.01 Å². The summed E-state index contributed by atoms with van der Waals surface area (Å²) in [5.74, 6) is -0.271. The zero-order valence-electron chi connectivity index (χ0n) is 15.2. The lowest BCUT2D eigenvalue weighted by atomic mass is 9.97. The highest BCUT2D eigenvalue weighted by molar-refractivity contribution is 7.15. The molecule has 1 aromatic carbocycles. The van der Waals surface area contributed by atoms with Gasteiger partial charge in [0.2, 0.25) is 11.0 Å². The van der Waals surface area contributed by atoms with Gasteiger partial charge >= 0.3 is 0 Å². The lowest BCUT2D eigenvalue weighted by molar-refractivity contribution is -0.121. The summed E-state index contributed by atoms with van der Waals surface area (Å²) < 4.78 is 5.18. The van der Waals surface area contributed by atoms with Crippen LogP contribution in [-0.4, -0.2) is 40.0 Å². The number of nitrogens with zero attached hydrogens (tertiary/aromatic N) is 3. The standard InChI is InChI=1S/C20H20N4O3S/c25-18(15-8-4-10-24(13-15)19(26)16-9-5-11-27-16)21-20-23-22-17(28-20)12-14-6-2-1-3-7-14/h1-3,5-7,9,11,15H,4,8,10,12-13H2,(H,21,23,25)/t15-/m0/s1. The van der Waals surface area contributed by atoms with Crippen molar-refractivity contribution in [1.29, 1.82) is 0 Å². The van der Waals surface area contributed by atoms with Crippen molar-refractivity contribution in [2.24, 2.45) is 5.92 Å². The van der Waals surface area contributed by atoms with Crippen molar-refractivity contribution >= 4 is 28.3 Å². The summed E-state index contributed by atoms with van der Waals surface area (Å²) in [7, 11) is 0. The van der Waals surface area contributed by atoms with Gasteiger partial charge < -0.3 is 14.6 Å². The number of likely N-dealkylation sites (tertiary alicyclic amines) is 1. The SMILES string of the molecule is O=C(Nc1nnc(Cc2ccccc2)s1)[C@H]1CCCN(C(=O)c2ccco2)C1. The van der Waals surface area contributed by atoms with E-state index in [2.05, 4.69) is 15.5 Å². The first kappa shape index (κ1) is 18.4. The van der Waals surface area contributed by atoms with Gasteiger partial charge in [-0.2, -0.15) is 0 Å². The molecule has 1 atom stereocenters. The van der Waals surface area contributed by atoms with Crippen LogP contribution in [0.15, 0.2) is 53.1 Å². The van der Waals surface area contributed by atoms with Crippen LogP contribution in [0, 0.1) is 5.92 Å². The number of anilines is 1. The van der Waals surface area contributed by atoms with Crippen LogP contribution in [0.5, 0.6) is 0 Å². The van der Waals surface area contributed by atoms with Gasteiger partial charge in [0.15, 0.2) is 5.76 Å². The van der Waals surface area contributed by atoms with Crippen LogP contribution in [0.2, 0.25) is 0 Å². The van der Waals surface area contributed by atoms with Gasteiger partial charge in [-0.25, -0.2) is 0 Å². The van der Waals surface area contributed by atoms with Crippen molar-refractivity contribution in [1.82, 2.24) is 15.1 Å². The van der Waals surface area contributed by atoms with Crippen molar-refractivity contribution in [2.45, 2.75) is 19.3 Å². The van der Waals surface area contributed by atoms with Gasteiger partial charge in [-0.3, -0.25) is 9.59 Å². The summed E-state index contributed by atoms with van der Waals surface area (Å²) in [5, 5.41) is 12.4. The summed E-state index contributed by atoms with van der Waals surface area (Å²) in [5.41, 5.74) is 1.15. The predicted octanol–water partition coefficient (Wildman–Crippen LogP) is 3.21. The molecule has 2 aromatic heterocycles. The van der Waals surface area contributed by atoms with E-state index in [4.69, 9.17) is 4.42 Å². The molecule has 1 fully saturated rings. The quantitative estimate of drug-likeness (QED) is 0.715. The molecule has 28 heavy (non-hydrogen) atoms. The van der Waals surface area contributed by atoms with Crippen LogP contribution in [0.4, 0.5) is 5.13 Å². The van der Waals surface area contributed by atoms with Crippen LogP contribution < -0.4 is 5.32 Å². The molecule has 3 aromatic rings. The number of benzene rings is 1. The van der Waals surface area contributed by atoms with Gasteiger partial charge in [-0.05, 0) is 30.5 Å². The molecule has 0 bridgehead atoms. The van der Waals surface area contributed by atoms with Crippen LogP contribution in [0.25, 0.3) is 0 Å². The average molecular weight is 396 g/mol. The van der Waals surface area contributed by atoms with E-state index in [-0.39, 0.29) is 17.7 Å². The van der Waals surface area contributed by atoms with E-state index in [0.717, 1.165) is 23.4 Å². The molecule has 144 valence electrons. The van der Waals surface area contributed by atoms with Crippen molar-refractivity contribution in [2.75, 3.05) is 18.4 Å². The van der Waals surface area contributed by atoms with E-state index < -0.39 is 0 Å². The van der Waals surface area contributed by atoms with Crippen LogP contribution >= 0.6 is 11.3 Å². The number of rotatable bonds is 5. The number of carbonyl (C=O) groups is 2. The maximum Gasteiger partial charge on any atom is 0.289 e. The molecule has 1 N–H and O–H groups in total. The minimum Gasteiger partial charge on any atom is -0.459 e. The lowest BCUT2D eigenvalue weighted by Gasteiger charge is -2.31. The summed E-state index contributed by atoms with van der Waals surface area (Å²) in [6, 6.07) is 13.3. The van der Waals surface area contributed by atoms with Gasteiger partial charge in [-0.15, -0.1) is 10.2 Å². The van der Waals surface area contributed by atoms with E-state index in [1.54, 1.807) is 17.0 Å². The molecule has 0 saturated carbocycles. The van der Waals surface area contributed by atoms with Gasteiger partial charge in [-0.1, -0.05) is 41.7 Å². The molecule has 0 unspecified atom stereocenters. The smallest absolute Gasteiger partial charge is 0.289 e. The number of amides is 2. The lowest BCUT2D eigenvalue weighted by Crippen LogP contribution is -2.43. The summed E-state index contributed by atoms with van der Waals surface area (Å²) >= 11 is 1.38. The second-order valence-corrected chi connectivity index (χ2v) is 7.78.